The van der Waals surface area contributed by atoms with E-state index < -0.39 is 0 Å². The van der Waals surface area contributed by atoms with E-state index in [4.69, 9.17) is 14.2 Å². The summed E-state index contributed by atoms with van der Waals surface area (Å²) in [5.74, 6) is 0.829. The lowest BCUT2D eigenvalue weighted by atomic mass is 10.1. The normalized spacial score (nSPS) is 19.6. The van der Waals surface area contributed by atoms with E-state index in [1.807, 2.05) is 24.3 Å². The van der Waals surface area contributed by atoms with E-state index in [1.165, 1.54) is 0 Å². The molecule has 0 radical (unpaired) electrons. The van der Waals surface area contributed by atoms with E-state index in [9.17, 15) is 5.11 Å². The SMILES string of the molecule is CC(O)Cc1ccc(OCCOCC2CO2)cc1. The van der Waals surface area contributed by atoms with Crippen molar-refractivity contribution in [3.05, 3.63) is 29.8 Å². The lowest BCUT2D eigenvalue weighted by Crippen LogP contribution is -2.10. The van der Waals surface area contributed by atoms with Crippen LogP contribution in [-0.4, -0.2) is 43.7 Å². The van der Waals surface area contributed by atoms with Crippen molar-refractivity contribution >= 4 is 0 Å². The summed E-state index contributed by atoms with van der Waals surface area (Å²) in [5.41, 5.74) is 1.11. The second-order valence-electron chi connectivity index (χ2n) is 4.58. The van der Waals surface area contributed by atoms with Crippen molar-refractivity contribution in [1.29, 1.82) is 0 Å². The predicted octanol–water partition coefficient (Wildman–Crippen LogP) is 1.40. The van der Waals surface area contributed by atoms with Crippen molar-refractivity contribution in [3.63, 3.8) is 0 Å². The highest BCUT2D eigenvalue weighted by atomic mass is 16.6. The molecule has 0 saturated carbocycles. The van der Waals surface area contributed by atoms with Gasteiger partial charge in [-0.15, -0.1) is 0 Å². The Morgan fingerprint density at radius 1 is 1.33 bits per heavy atom. The zero-order chi connectivity index (χ0) is 12.8. The molecular formula is C14H20O4. The first-order valence-corrected chi connectivity index (χ1v) is 6.33. The van der Waals surface area contributed by atoms with Crippen LogP contribution in [0.1, 0.15) is 12.5 Å². The number of epoxide rings is 1. The fourth-order valence-electron chi connectivity index (χ4n) is 1.66. The number of aliphatic hydroxyl groups excluding tert-OH is 1. The molecule has 1 N–H and O–H groups in total. The van der Waals surface area contributed by atoms with Crippen molar-refractivity contribution in [2.24, 2.45) is 0 Å². The first-order valence-electron chi connectivity index (χ1n) is 6.33. The highest BCUT2D eigenvalue weighted by Gasteiger charge is 2.21. The second kappa shape index (κ2) is 6.73. The Labute approximate surface area is 107 Å². The molecule has 100 valence electrons. The topological polar surface area (TPSA) is 51.2 Å². The van der Waals surface area contributed by atoms with E-state index in [-0.39, 0.29) is 6.10 Å². The molecular weight excluding hydrogens is 232 g/mol. The summed E-state index contributed by atoms with van der Waals surface area (Å²) in [5, 5.41) is 9.27. The number of ether oxygens (including phenoxy) is 3. The van der Waals surface area contributed by atoms with Gasteiger partial charge in [-0.25, -0.2) is 0 Å². The molecule has 0 aliphatic carbocycles. The van der Waals surface area contributed by atoms with E-state index >= 15 is 0 Å². The first kappa shape index (κ1) is 13.3. The van der Waals surface area contributed by atoms with Crippen LogP contribution >= 0.6 is 0 Å². The van der Waals surface area contributed by atoms with E-state index in [0.29, 0.717) is 32.3 Å². The van der Waals surface area contributed by atoms with Gasteiger partial charge < -0.3 is 19.3 Å². The van der Waals surface area contributed by atoms with Crippen molar-refractivity contribution < 1.29 is 19.3 Å². The number of hydrogen-bond acceptors (Lipinski definition) is 4. The van der Waals surface area contributed by atoms with E-state index in [0.717, 1.165) is 17.9 Å². The number of benzene rings is 1. The van der Waals surface area contributed by atoms with Gasteiger partial charge in [-0.05, 0) is 31.0 Å². The molecule has 18 heavy (non-hydrogen) atoms. The van der Waals surface area contributed by atoms with Crippen molar-refractivity contribution in [3.8, 4) is 5.75 Å². The molecule has 0 bridgehead atoms. The number of hydrogen-bond donors (Lipinski definition) is 1. The van der Waals surface area contributed by atoms with Gasteiger partial charge in [-0.2, -0.15) is 0 Å². The molecule has 1 fully saturated rings. The van der Waals surface area contributed by atoms with Crippen molar-refractivity contribution in [2.75, 3.05) is 26.4 Å². The molecule has 0 amide bonds. The number of rotatable bonds is 8. The van der Waals surface area contributed by atoms with Crippen molar-refractivity contribution in [2.45, 2.75) is 25.6 Å². The summed E-state index contributed by atoms with van der Waals surface area (Å²) in [7, 11) is 0. The molecule has 2 atom stereocenters. The largest absolute Gasteiger partial charge is 0.491 e. The molecule has 1 aliphatic heterocycles. The maximum absolute atomic E-state index is 9.27. The molecule has 0 aromatic heterocycles. The summed E-state index contributed by atoms with van der Waals surface area (Å²) in [6.45, 7) is 4.39. The minimum atomic E-state index is -0.310. The van der Waals surface area contributed by atoms with Gasteiger partial charge >= 0.3 is 0 Å². The smallest absolute Gasteiger partial charge is 0.119 e. The summed E-state index contributed by atoms with van der Waals surface area (Å²) in [4.78, 5) is 0. The Morgan fingerprint density at radius 3 is 2.67 bits per heavy atom. The molecule has 1 aromatic rings. The monoisotopic (exact) mass is 252 g/mol. The third-order valence-electron chi connectivity index (χ3n) is 2.66. The fraction of sp³-hybridized carbons (Fsp3) is 0.571. The summed E-state index contributed by atoms with van der Waals surface area (Å²) < 4.78 is 15.9. The maximum atomic E-state index is 9.27. The molecule has 1 heterocycles. The zero-order valence-corrected chi connectivity index (χ0v) is 10.7. The summed E-state index contributed by atoms with van der Waals surface area (Å²) in [6.07, 6.45) is 0.671. The number of aliphatic hydroxyl groups is 1. The Hall–Kier alpha value is -1.10. The molecule has 0 spiro atoms. The van der Waals surface area contributed by atoms with Crippen LogP contribution in [-0.2, 0) is 15.9 Å². The van der Waals surface area contributed by atoms with Crippen LogP contribution in [0.25, 0.3) is 0 Å². The highest BCUT2D eigenvalue weighted by molar-refractivity contribution is 5.27. The quantitative estimate of drug-likeness (QED) is 0.561. The molecule has 1 aliphatic rings. The standard InChI is InChI=1S/C14H20O4/c1-11(15)8-12-2-4-13(5-3-12)17-7-6-16-9-14-10-18-14/h2-5,11,14-15H,6-10H2,1H3. The van der Waals surface area contributed by atoms with Gasteiger partial charge in [0.15, 0.2) is 0 Å². The van der Waals surface area contributed by atoms with E-state index in [2.05, 4.69) is 0 Å². The lowest BCUT2D eigenvalue weighted by Gasteiger charge is -2.08. The Bertz CT molecular complexity index is 343. The Kier molecular flexibility index (Phi) is 4.99. The van der Waals surface area contributed by atoms with Crippen LogP contribution < -0.4 is 4.74 Å². The minimum Gasteiger partial charge on any atom is -0.491 e. The van der Waals surface area contributed by atoms with Crippen LogP contribution in [0.2, 0.25) is 0 Å². The lowest BCUT2D eigenvalue weighted by molar-refractivity contribution is 0.0878. The molecule has 4 heteroatoms. The zero-order valence-electron chi connectivity index (χ0n) is 10.7. The molecule has 2 unspecified atom stereocenters. The Morgan fingerprint density at radius 2 is 2.06 bits per heavy atom. The first-order chi connectivity index (χ1) is 8.74. The molecule has 4 nitrogen and oxygen atoms in total. The summed E-state index contributed by atoms with van der Waals surface area (Å²) in [6, 6.07) is 7.78. The average Bonchev–Trinajstić information content (AvgIpc) is 3.14. The van der Waals surface area contributed by atoms with Crippen LogP contribution in [0, 0.1) is 0 Å². The molecule has 2 rings (SSSR count). The Balaban J connectivity index is 1.62. The fourth-order valence-corrected chi connectivity index (χ4v) is 1.66. The van der Waals surface area contributed by atoms with Gasteiger partial charge in [-0.3, -0.25) is 0 Å². The van der Waals surface area contributed by atoms with Crippen LogP contribution in [0.15, 0.2) is 24.3 Å². The van der Waals surface area contributed by atoms with Crippen LogP contribution in [0.5, 0.6) is 5.75 Å². The van der Waals surface area contributed by atoms with Crippen molar-refractivity contribution in [1.82, 2.24) is 0 Å². The maximum Gasteiger partial charge on any atom is 0.119 e. The minimum absolute atomic E-state index is 0.310. The van der Waals surface area contributed by atoms with Gasteiger partial charge in [0.2, 0.25) is 0 Å². The van der Waals surface area contributed by atoms with Gasteiger partial charge in [0, 0.05) is 0 Å². The van der Waals surface area contributed by atoms with E-state index in [1.54, 1.807) is 6.92 Å². The third-order valence-corrected chi connectivity index (χ3v) is 2.66. The van der Waals surface area contributed by atoms with Gasteiger partial charge in [-0.1, -0.05) is 12.1 Å². The van der Waals surface area contributed by atoms with Gasteiger partial charge in [0.1, 0.15) is 18.5 Å². The molecule has 1 saturated heterocycles. The van der Waals surface area contributed by atoms with Gasteiger partial charge in [0.25, 0.3) is 0 Å². The van der Waals surface area contributed by atoms with Gasteiger partial charge in [0.05, 0.1) is 25.9 Å². The predicted molar refractivity (Wildman–Crippen MR) is 67.9 cm³/mol. The average molecular weight is 252 g/mol. The van der Waals surface area contributed by atoms with Crippen LogP contribution in [0.4, 0.5) is 0 Å². The van der Waals surface area contributed by atoms with Crippen LogP contribution in [0.3, 0.4) is 0 Å². The third kappa shape index (κ3) is 5.04. The molecule has 1 aromatic carbocycles. The highest BCUT2D eigenvalue weighted by Crippen LogP contribution is 2.13. The second-order valence-corrected chi connectivity index (χ2v) is 4.58. The summed E-state index contributed by atoms with van der Waals surface area (Å²) >= 11 is 0.